The quantitative estimate of drug-likeness (QED) is 0.211. The minimum absolute atomic E-state index is 0.00598. The number of carbonyl (C=O) groups excluding carboxylic acids is 2. The molecule has 0 radical (unpaired) electrons. The van der Waals surface area contributed by atoms with Gasteiger partial charge in [-0.2, -0.15) is 0 Å². The van der Waals surface area contributed by atoms with Crippen LogP contribution in [0.25, 0.3) is 11.1 Å². The first-order valence-electron chi connectivity index (χ1n) is 9.64. The van der Waals surface area contributed by atoms with Gasteiger partial charge in [-0.15, -0.1) is 0 Å². The van der Waals surface area contributed by atoms with E-state index in [-0.39, 0.29) is 23.3 Å². The monoisotopic (exact) mass is 452 g/mol. The summed E-state index contributed by atoms with van der Waals surface area (Å²) in [7, 11) is 5.02. The Kier molecular flexibility index (Phi) is 8.16. The molecule has 1 heterocycles. The summed E-state index contributed by atoms with van der Waals surface area (Å²) in [5, 5.41) is 0.663. The first-order chi connectivity index (χ1) is 14.5. The highest BCUT2D eigenvalue weighted by atomic mass is 33.1. The van der Waals surface area contributed by atoms with Gasteiger partial charge in [0, 0.05) is 29.1 Å². The molecule has 2 aromatic rings. The highest BCUT2D eigenvalue weighted by Gasteiger charge is 2.19. The van der Waals surface area contributed by atoms with Crippen LogP contribution in [0.4, 0.5) is 8.78 Å². The summed E-state index contributed by atoms with van der Waals surface area (Å²) < 4.78 is 37.4. The standard InChI is InChI=1S/C22H22F2O4S2/c1-27-22(26)18-12-14(17-8-7-15(23)13-19(17)24)6-9-20(18)28-21(25)5-3-2-4-16-10-11-29-30-16/h6-9,12-13,16H,2-5,10-11H2,1H3/t16-/m0/s1. The fourth-order valence-corrected chi connectivity index (χ4v) is 6.19. The second-order valence-corrected chi connectivity index (χ2v) is 9.66. The molecule has 0 saturated carbocycles. The first kappa shape index (κ1) is 22.6. The molecule has 8 heteroatoms. The molecule has 0 spiro atoms. The molecule has 1 saturated heterocycles. The third-order valence-electron chi connectivity index (χ3n) is 4.74. The van der Waals surface area contributed by atoms with Gasteiger partial charge in [0.2, 0.25) is 0 Å². The number of benzene rings is 2. The van der Waals surface area contributed by atoms with Crippen molar-refractivity contribution in [3.8, 4) is 16.9 Å². The van der Waals surface area contributed by atoms with Crippen LogP contribution in [0.1, 0.15) is 42.5 Å². The number of esters is 2. The minimum Gasteiger partial charge on any atom is -0.465 e. The van der Waals surface area contributed by atoms with Gasteiger partial charge in [0.25, 0.3) is 0 Å². The normalized spacial score (nSPS) is 15.8. The summed E-state index contributed by atoms with van der Waals surface area (Å²) >= 11 is 0. The van der Waals surface area contributed by atoms with E-state index in [1.807, 2.05) is 21.6 Å². The third kappa shape index (κ3) is 5.98. The van der Waals surface area contributed by atoms with Gasteiger partial charge in [-0.3, -0.25) is 4.79 Å². The molecule has 160 valence electrons. The van der Waals surface area contributed by atoms with Gasteiger partial charge in [0.05, 0.1) is 7.11 Å². The molecule has 0 aromatic heterocycles. The van der Waals surface area contributed by atoms with Crippen LogP contribution in [0.2, 0.25) is 0 Å². The summed E-state index contributed by atoms with van der Waals surface area (Å²) in [5.74, 6) is -1.35. The van der Waals surface area contributed by atoms with Gasteiger partial charge >= 0.3 is 11.9 Å². The molecule has 0 unspecified atom stereocenters. The Bertz CT molecular complexity index is 914. The van der Waals surface area contributed by atoms with Crippen molar-refractivity contribution in [2.45, 2.75) is 37.4 Å². The van der Waals surface area contributed by atoms with Crippen molar-refractivity contribution < 1.29 is 27.8 Å². The SMILES string of the molecule is COC(=O)c1cc(-c2ccc(F)cc2F)ccc1OC(=O)CCCC[C@H]1CCSS1. The predicted octanol–water partition coefficient (Wildman–Crippen LogP) is 6.04. The van der Waals surface area contributed by atoms with Crippen LogP contribution in [0, 0.1) is 11.6 Å². The van der Waals surface area contributed by atoms with Crippen LogP contribution < -0.4 is 4.74 Å². The zero-order valence-corrected chi connectivity index (χ0v) is 18.1. The molecule has 30 heavy (non-hydrogen) atoms. The lowest BCUT2D eigenvalue weighted by Gasteiger charge is -2.12. The maximum absolute atomic E-state index is 14.1. The number of hydrogen-bond acceptors (Lipinski definition) is 6. The molecule has 0 bridgehead atoms. The van der Waals surface area contributed by atoms with Gasteiger partial charge in [0.1, 0.15) is 22.9 Å². The molecule has 1 atom stereocenters. The molecule has 4 nitrogen and oxygen atoms in total. The van der Waals surface area contributed by atoms with Crippen molar-refractivity contribution >= 4 is 33.5 Å². The van der Waals surface area contributed by atoms with Crippen molar-refractivity contribution in [3.05, 3.63) is 53.6 Å². The zero-order chi connectivity index (χ0) is 21.5. The van der Waals surface area contributed by atoms with Gasteiger partial charge in [0.15, 0.2) is 0 Å². The topological polar surface area (TPSA) is 52.6 Å². The van der Waals surface area contributed by atoms with E-state index in [9.17, 15) is 18.4 Å². The van der Waals surface area contributed by atoms with Gasteiger partial charge in [-0.1, -0.05) is 34.1 Å². The largest absolute Gasteiger partial charge is 0.465 e. The summed E-state index contributed by atoms with van der Waals surface area (Å²) in [4.78, 5) is 24.4. The number of ether oxygens (including phenoxy) is 2. The summed E-state index contributed by atoms with van der Waals surface area (Å²) in [6.07, 6.45) is 4.20. The van der Waals surface area contributed by atoms with Gasteiger partial charge in [-0.05, 0) is 49.1 Å². The van der Waals surface area contributed by atoms with Crippen LogP contribution in [0.5, 0.6) is 5.75 Å². The number of hydrogen-bond donors (Lipinski definition) is 0. The third-order valence-corrected chi connectivity index (χ3v) is 7.74. The fourth-order valence-electron chi connectivity index (χ4n) is 3.16. The highest BCUT2D eigenvalue weighted by molar-refractivity contribution is 8.77. The Morgan fingerprint density at radius 1 is 1.13 bits per heavy atom. The Morgan fingerprint density at radius 2 is 1.97 bits per heavy atom. The van der Waals surface area contributed by atoms with E-state index in [1.54, 1.807) is 0 Å². The Hall–Kier alpha value is -2.06. The number of unbranched alkanes of at least 4 members (excludes halogenated alkanes) is 1. The van der Waals surface area contributed by atoms with Crippen LogP contribution in [0.15, 0.2) is 36.4 Å². The van der Waals surface area contributed by atoms with E-state index in [0.717, 1.165) is 25.0 Å². The number of rotatable bonds is 8. The summed E-state index contributed by atoms with van der Waals surface area (Å²) in [5.41, 5.74) is 0.480. The van der Waals surface area contributed by atoms with Crippen LogP contribution in [0.3, 0.4) is 0 Å². The van der Waals surface area contributed by atoms with Crippen molar-refractivity contribution in [1.29, 1.82) is 0 Å². The lowest BCUT2D eigenvalue weighted by atomic mass is 10.0. The van der Waals surface area contributed by atoms with Crippen molar-refractivity contribution in [2.24, 2.45) is 0 Å². The zero-order valence-electron chi connectivity index (χ0n) is 16.5. The average molecular weight is 453 g/mol. The Balaban J connectivity index is 1.67. The highest BCUT2D eigenvalue weighted by Crippen LogP contribution is 2.40. The Morgan fingerprint density at radius 3 is 2.67 bits per heavy atom. The second-order valence-electron chi connectivity index (χ2n) is 6.88. The number of methoxy groups -OCH3 is 1. The van der Waals surface area contributed by atoms with E-state index < -0.39 is 23.6 Å². The molecule has 0 amide bonds. The maximum atomic E-state index is 14.1. The van der Waals surface area contributed by atoms with Crippen molar-refractivity contribution in [1.82, 2.24) is 0 Å². The summed E-state index contributed by atoms with van der Waals surface area (Å²) in [6.45, 7) is 0. The molecule has 1 aliphatic heterocycles. The van der Waals surface area contributed by atoms with E-state index in [4.69, 9.17) is 9.47 Å². The van der Waals surface area contributed by atoms with E-state index in [0.29, 0.717) is 17.2 Å². The Labute approximate surface area is 182 Å². The molecule has 3 rings (SSSR count). The number of carbonyl (C=O) groups is 2. The molecular formula is C22H22F2O4S2. The maximum Gasteiger partial charge on any atom is 0.341 e. The van der Waals surface area contributed by atoms with E-state index >= 15 is 0 Å². The molecule has 2 aromatic carbocycles. The average Bonchev–Trinajstić information content (AvgIpc) is 3.25. The molecule has 1 fully saturated rings. The molecule has 0 aliphatic carbocycles. The minimum atomic E-state index is -0.755. The smallest absolute Gasteiger partial charge is 0.341 e. The molecule has 1 aliphatic rings. The first-order valence-corrected chi connectivity index (χ1v) is 12.0. The van der Waals surface area contributed by atoms with Crippen LogP contribution in [-0.4, -0.2) is 30.1 Å². The number of halogens is 2. The van der Waals surface area contributed by atoms with Gasteiger partial charge < -0.3 is 9.47 Å². The van der Waals surface area contributed by atoms with Crippen molar-refractivity contribution in [2.75, 3.05) is 12.9 Å². The second kappa shape index (κ2) is 10.8. The van der Waals surface area contributed by atoms with Gasteiger partial charge in [-0.25, -0.2) is 13.6 Å². The lowest BCUT2D eigenvalue weighted by Crippen LogP contribution is -2.12. The van der Waals surface area contributed by atoms with E-state index in [2.05, 4.69) is 0 Å². The predicted molar refractivity (Wildman–Crippen MR) is 116 cm³/mol. The lowest BCUT2D eigenvalue weighted by molar-refractivity contribution is -0.134. The van der Waals surface area contributed by atoms with E-state index in [1.165, 1.54) is 43.5 Å². The molecule has 0 N–H and O–H groups in total. The van der Waals surface area contributed by atoms with Crippen LogP contribution in [-0.2, 0) is 9.53 Å². The van der Waals surface area contributed by atoms with Crippen molar-refractivity contribution in [3.63, 3.8) is 0 Å². The molecular weight excluding hydrogens is 430 g/mol. The summed E-state index contributed by atoms with van der Waals surface area (Å²) in [6, 6.07) is 7.50. The fraction of sp³-hybridized carbons (Fsp3) is 0.364. The van der Waals surface area contributed by atoms with Crippen LogP contribution >= 0.6 is 21.6 Å².